The van der Waals surface area contributed by atoms with Crippen molar-refractivity contribution in [3.8, 4) is 22.4 Å². The largest absolute Gasteiger partial charge is 0.363 e. The number of benzene rings is 1. The number of fused-ring (bicyclic) bond motifs is 1. The van der Waals surface area contributed by atoms with Gasteiger partial charge in [-0.25, -0.2) is 23.4 Å². The van der Waals surface area contributed by atoms with E-state index in [2.05, 4.69) is 15.0 Å². The molecular weight excluding hydrogens is 398 g/mol. The van der Waals surface area contributed by atoms with Gasteiger partial charge < -0.3 is 9.88 Å². The van der Waals surface area contributed by atoms with Crippen LogP contribution in [0.4, 0.5) is 5.82 Å². The van der Waals surface area contributed by atoms with Crippen molar-refractivity contribution in [2.45, 2.75) is 24.0 Å². The van der Waals surface area contributed by atoms with Gasteiger partial charge >= 0.3 is 0 Å². The Morgan fingerprint density at radius 1 is 0.933 bits per heavy atom. The van der Waals surface area contributed by atoms with Crippen LogP contribution in [0.3, 0.4) is 0 Å². The molecule has 0 unspecified atom stereocenters. The molecule has 0 amide bonds. The molecule has 0 saturated heterocycles. The molecule has 4 aromatic rings. The number of anilines is 1. The molecule has 1 N–H and O–H groups in total. The molecule has 7 nitrogen and oxygen atoms in total. The number of nitrogens with one attached hydrogen (secondary N) is 1. The number of rotatable bonds is 5. The number of sulfone groups is 1. The molecule has 8 heteroatoms. The van der Waals surface area contributed by atoms with Gasteiger partial charge in [-0.15, -0.1) is 0 Å². The summed E-state index contributed by atoms with van der Waals surface area (Å²) >= 11 is 0. The zero-order valence-electron chi connectivity index (χ0n) is 17.3. The zero-order chi connectivity index (χ0) is 21.5. The first kappa shape index (κ1) is 20.0. The minimum atomic E-state index is -3.31. The van der Waals surface area contributed by atoms with Gasteiger partial charge in [0.2, 0.25) is 0 Å². The highest BCUT2D eigenvalue weighted by Gasteiger charge is 2.19. The van der Waals surface area contributed by atoms with Crippen molar-refractivity contribution in [3.05, 3.63) is 55.0 Å². The lowest BCUT2D eigenvalue weighted by Crippen LogP contribution is -2.13. The minimum absolute atomic E-state index is 0.310. The van der Waals surface area contributed by atoms with Gasteiger partial charge in [-0.3, -0.25) is 0 Å². The van der Waals surface area contributed by atoms with Crippen molar-refractivity contribution >= 4 is 26.8 Å². The van der Waals surface area contributed by atoms with Gasteiger partial charge in [-0.2, -0.15) is 0 Å². The second-order valence-corrected chi connectivity index (χ2v) is 10.1. The predicted octanol–water partition coefficient (Wildman–Crippen LogP) is 3.94. The summed E-state index contributed by atoms with van der Waals surface area (Å²) in [5.41, 5.74) is 4.76. The smallest absolute Gasteiger partial charge is 0.180 e. The standard InChI is InChI=1S/C22H23N5O2S/c1-14(2)30(28,29)17-8-5-15(6-9-17)19-13-25-22-21(26-19)18(12-24-22)16-7-10-20(23-11-16)27(3)4/h5-14H,1-4H3,(H,24,25). The summed E-state index contributed by atoms with van der Waals surface area (Å²) in [4.78, 5) is 19.2. The molecule has 0 fully saturated rings. The molecule has 3 heterocycles. The summed E-state index contributed by atoms with van der Waals surface area (Å²) in [6.07, 6.45) is 5.37. The molecule has 0 bridgehead atoms. The monoisotopic (exact) mass is 421 g/mol. The van der Waals surface area contributed by atoms with Crippen LogP contribution in [-0.2, 0) is 9.84 Å². The summed E-state index contributed by atoms with van der Waals surface area (Å²) in [5.74, 6) is 0.877. The normalized spacial score (nSPS) is 11.9. The molecule has 3 aromatic heterocycles. The van der Waals surface area contributed by atoms with Gasteiger partial charge in [-0.05, 0) is 38.1 Å². The van der Waals surface area contributed by atoms with Gasteiger partial charge in [0.15, 0.2) is 15.5 Å². The van der Waals surface area contributed by atoms with Crippen LogP contribution in [0.25, 0.3) is 33.5 Å². The van der Waals surface area contributed by atoms with Gasteiger partial charge in [0, 0.05) is 43.2 Å². The maximum absolute atomic E-state index is 12.3. The van der Waals surface area contributed by atoms with Crippen molar-refractivity contribution in [2.24, 2.45) is 0 Å². The number of hydrogen-bond donors (Lipinski definition) is 1. The Hall–Kier alpha value is -3.26. The molecule has 0 atom stereocenters. The van der Waals surface area contributed by atoms with E-state index in [1.54, 1.807) is 44.3 Å². The summed E-state index contributed by atoms with van der Waals surface area (Å²) < 4.78 is 24.7. The van der Waals surface area contributed by atoms with Crippen LogP contribution in [0.1, 0.15) is 13.8 Å². The Morgan fingerprint density at radius 3 is 2.23 bits per heavy atom. The van der Waals surface area contributed by atoms with E-state index in [1.807, 2.05) is 43.5 Å². The van der Waals surface area contributed by atoms with Crippen molar-refractivity contribution in [1.82, 2.24) is 19.9 Å². The third kappa shape index (κ3) is 3.54. The fraction of sp³-hybridized carbons (Fsp3) is 0.227. The second kappa shape index (κ2) is 7.53. The highest BCUT2D eigenvalue weighted by molar-refractivity contribution is 7.92. The summed E-state index contributed by atoms with van der Waals surface area (Å²) in [5, 5.41) is -0.464. The van der Waals surface area contributed by atoms with Gasteiger partial charge in [0.05, 0.1) is 22.0 Å². The summed E-state index contributed by atoms with van der Waals surface area (Å²) in [7, 11) is 0.590. The van der Waals surface area contributed by atoms with Crippen LogP contribution in [-0.4, -0.2) is 47.7 Å². The molecule has 4 rings (SSSR count). The van der Waals surface area contributed by atoms with E-state index in [0.29, 0.717) is 16.2 Å². The van der Waals surface area contributed by atoms with E-state index >= 15 is 0 Å². The molecule has 0 radical (unpaired) electrons. The summed E-state index contributed by atoms with van der Waals surface area (Å²) in [6, 6.07) is 10.7. The molecule has 30 heavy (non-hydrogen) atoms. The van der Waals surface area contributed by atoms with Crippen molar-refractivity contribution in [3.63, 3.8) is 0 Å². The van der Waals surface area contributed by atoms with Gasteiger partial charge in [0.25, 0.3) is 0 Å². The summed E-state index contributed by atoms with van der Waals surface area (Å²) in [6.45, 7) is 3.35. The lowest BCUT2D eigenvalue weighted by molar-refractivity contribution is 0.587. The number of nitrogens with zero attached hydrogens (tertiary/aromatic N) is 4. The maximum Gasteiger partial charge on any atom is 0.180 e. The number of pyridine rings is 1. The third-order valence-corrected chi connectivity index (χ3v) is 7.17. The Kier molecular flexibility index (Phi) is 5.03. The van der Waals surface area contributed by atoms with Crippen molar-refractivity contribution in [2.75, 3.05) is 19.0 Å². The Balaban J connectivity index is 1.73. The molecular formula is C22H23N5O2S. The SMILES string of the molecule is CC(C)S(=O)(=O)c1ccc(-c2cnc3[nH]cc(-c4ccc(N(C)C)nc4)c3n2)cc1. The molecule has 0 aliphatic rings. The first-order chi connectivity index (χ1) is 14.3. The Labute approximate surface area is 175 Å². The van der Waals surface area contributed by atoms with Gasteiger partial charge in [0.1, 0.15) is 11.3 Å². The van der Waals surface area contributed by atoms with E-state index in [0.717, 1.165) is 28.0 Å². The van der Waals surface area contributed by atoms with Crippen LogP contribution in [0, 0.1) is 0 Å². The van der Waals surface area contributed by atoms with E-state index < -0.39 is 15.1 Å². The van der Waals surface area contributed by atoms with Crippen molar-refractivity contribution < 1.29 is 8.42 Å². The highest BCUT2D eigenvalue weighted by Crippen LogP contribution is 2.29. The molecule has 0 spiro atoms. The molecule has 0 aliphatic carbocycles. The fourth-order valence-electron chi connectivity index (χ4n) is 3.15. The number of aromatic amines is 1. The molecule has 154 valence electrons. The van der Waals surface area contributed by atoms with E-state index in [9.17, 15) is 8.42 Å². The number of hydrogen-bond acceptors (Lipinski definition) is 6. The van der Waals surface area contributed by atoms with Crippen LogP contribution in [0.15, 0.2) is 59.9 Å². The highest BCUT2D eigenvalue weighted by atomic mass is 32.2. The van der Waals surface area contributed by atoms with E-state index in [4.69, 9.17) is 4.98 Å². The molecule has 1 aromatic carbocycles. The lowest BCUT2D eigenvalue weighted by Gasteiger charge is -2.11. The zero-order valence-corrected chi connectivity index (χ0v) is 18.1. The quantitative estimate of drug-likeness (QED) is 0.525. The second-order valence-electron chi connectivity index (χ2n) is 7.57. The van der Waals surface area contributed by atoms with Crippen molar-refractivity contribution in [1.29, 1.82) is 0 Å². The first-order valence-corrected chi connectivity index (χ1v) is 11.1. The first-order valence-electron chi connectivity index (χ1n) is 9.59. The minimum Gasteiger partial charge on any atom is -0.363 e. The Morgan fingerprint density at radius 2 is 1.63 bits per heavy atom. The average Bonchev–Trinajstić information content (AvgIpc) is 3.17. The van der Waals surface area contributed by atoms with Gasteiger partial charge in [-0.1, -0.05) is 12.1 Å². The molecule has 0 aliphatic heterocycles. The van der Waals surface area contributed by atoms with Crippen LogP contribution in [0.2, 0.25) is 0 Å². The number of H-pyrrole nitrogens is 1. The van der Waals surface area contributed by atoms with Crippen LogP contribution >= 0.6 is 0 Å². The fourth-order valence-corrected chi connectivity index (χ4v) is 4.21. The van der Waals surface area contributed by atoms with Crippen LogP contribution in [0.5, 0.6) is 0 Å². The average molecular weight is 422 g/mol. The number of aromatic nitrogens is 4. The molecule has 0 saturated carbocycles. The van der Waals surface area contributed by atoms with E-state index in [1.165, 1.54) is 0 Å². The maximum atomic E-state index is 12.3. The predicted molar refractivity (Wildman–Crippen MR) is 119 cm³/mol. The van der Waals surface area contributed by atoms with E-state index in [-0.39, 0.29) is 0 Å². The Bertz CT molecular complexity index is 1290. The topological polar surface area (TPSA) is 91.8 Å². The lowest BCUT2D eigenvalue weighted by atomic mass is 10.1. The third-order valence-electron chi connectivity index (χ3n) is 5.00. The van der Waals surface area contributed by atoms with Crippen LogP contribution < -0.4 is 4.90 Å².